The lowest BCUT2D eigenvalue weighted by atomic mass is 9.84. The minimum atomic E-state index is -0.731. The Kier molecular flexibility index (Phi) is 4.31. The van der Waals surface area contributed by atoms with E-state index in [4.69, 9.17) is 0 Å². The van der Waals surface area contributed by atoms with Crippen LogP contribution in [0.1, 0.15) is 37.7 Å². The monoisotopic (exact) mass is 355 g/mol. The molecule has 0 radical (unpaired) electrons. The molecule has 1 aromatic carbocycles. The van der Waals surface area contributed by atoms with Crippen molar-refractivity contribution in [3.8, 4) is 0 Å². The molecular formula is C16H19BrFNO2. The number of carboxylic acid groups (broad SMARTS) is 1. The first kappa shape index (κ1) is 15.0. The van der Waals surface area contributed by atoms with Crippen LogP contribution in [0.4, 0.5) is 4.39 Å². The first-order valence-electron chi connectivity index (χ1n) is 7.48. The summed E-state index contributed by atoms with van der Waals surface area (Å²) < 4.78 is 13.8. The second kappa shape index (κ2) is 6.05. The van der Waals surface area contributed by atoms with Crippen molar-refractivity contribution < 1.29 is 14.3 Å². The Bertz CT molecular complexity index is 551. The molecule has 114 valence electrons. The van der Waals surface area contributed by atoms with E-state index in [1.165, 1.54) is 18.9 Å². The average molecular weight is 356 g/mol. The zero-order valence-corrected chi connectivity index (χ0v) is 13.4. The summed E-state index contributed by atoms with van der Waals surface area (Å²) in [6, 6.07) is 4.90. The van der Waals surface area contributed by atoms with Gasteiger partial charge in [0.15, 0.2) is 0 Å². The van der Waals surface area contributed by atoms with Gasteiger partial charge in [-0.25, -0.2) is 4.39 Å². The lowest BCUT2D eigenvalue weighted by Crippen LogP contribution is -2.41. The van der Waals surface area contributed by atoms with Crippen molar-refractivity contribution in [1.82, 2.24) is 4.90 Å². The van der Waals surface area contributed by atoms with Crippen molar-refractivity contribution >= 4 is 21.9 Å². The fourth-order valence-electron chi connectivity index (χ4n) is 3.87. The van der Waals surface area contributed by atoms with Crippen LogP contribution in [-0.4, -0.2) is 28.1 Å². The third-order valence-corrected chi connectivity index (χ3v) is 5.46. The van der Waals surface area contributed by atoms with Crippen LogP contribution < -0.4 is 0 Å². The van der Waals surface area contributed by atoms with Crippen molar-refractivity contribution in [2.75, 3.05) is 0 Å². The number of carboxylic acids is 1. The number of hydrogen-bond acceptors (Lipinski definition) is 2. The Morgan fingerprint density at radius 3 is 2.86 bits per heavy atom. The molecule has 1 aromatic rings. The summed E-state index contributed by atoms with van der Waals surface area (Å²) in [4.78, 5) is 13.7. The van der Waals surface area contributed by atoms with Gasteiger partial charge < -0.3 is 5.11 Å². The van der Waals surface area contributed by atoms with Gasteiger partial charge in [-0.2, -0.15) is 0 Å². The Morgan fingerprint density at radius 1 is 1.38 bits per heavy atom. The Balaban J connectivity index is 1.82. The summed E-state index contributed by atoms with van der Waals surface area (Å²) in [5.41, 5.74) is 0.959. The van der Waals surface area contributed by atoms with Gasteiger partial charge >= 0.3 is 5.97 Å². The summed E-state index contributed by atoms with van der Waals surface area (Å²) in [6.07, 6.45) is 5.36. The van der Waals surface area contributed by atoms with Crippen LogP contribution in [0.25, 0.3) is 0 Å². The maximum atomic E-state index is 13.3. The summed E-state index contributed by atoms with van der Waals surface area (Å²) in [5.74, 6) is -0.514. The topological polar surface area (TPSA) is 40.5 Å². The van der Waals surface area contributed by atoms with Gasteiger partial charge in [-0.05, 0) is 58.8 Å². The highest BCUT2D eigenvalue weighted by Gasteiger charge is 2.44. The summed E-state index contributed by atoms with van der Waals surface area (Å²) in [7, 11) is 0. The molecule has 1 heterocycles. The molecule has 1 saturated carbocycles. The third kappa shape index (κ3) is 2.99. The maximum absolute atomic E-state index is 13.3. The number of hydrogen-bond donors (Lipinski definition) is 1. The Labute approximate surface area is 132 Å². The van der Waals surface area contributed by atoms with E-state index in [1.54, 1.807) is 12.1 Å². The molecule has 3 atom stereocenters. The summed E-state index contributed by atoms with van der Waals surface area (Å²) >= 11 is 3.20. The number of fused-ring (bicyclic) bond motifs is 1. The molecule has 0 aromatic heterocycles. The van der Waals surface area contributed by atoms with E-state index in [0.717, 1.165) is 24.8 Å². The highest BCUT2D eigenvalue weighted by atomic mass is 79.9. The standard InChI is InChI=1S/C16H19BrFNO2/c17-12-7-10(5-6-13(12)18)9-19-14-4-2-1-3-11(14)8-15(19)16(20)21/h5-7,11,14-15H,1-4,8-9H2,(H,20,21)/t11-,14+,15-/m0/s1. The number of halogens is 2. The molecule has 3 rings (SSSR count). The predicted octanol–water partition coefficient (Wildman–Crippen LogP) is 3.81. The Hall–Kier alpha value is -0.940. The molecule has 0 unspecified atom stereocenters. The van der Waals surface area contributed by atoms with Gasteiger partial charge in [0.25, 0.3) is 0 Å². The van der Waals surface area contributed by atoms with Crippen molar-refractivity contribution in [2.24, 2.45) is 5.92 Å². The van der Waals surface area contributed by atoms with Gasteiger partial charge in [0.1, 0.15) is 11.9 Å². The molecule has 21 heavy (non-hydrogen) atoms. The van der Waals surface area contributed by atoms with Crippen molar-refractivity contribution in [3.05, 3.63) is 34.1 Å². The first-order chi connectivity index (χ1) is 10.1. The molecule has 0 bridgehead atoms. The molecule has 1 N–H and O–H groups in total. The molecule has 1 saturated heterocycles. The largest absolute Gasteiger partial charge is 0.480 e. The zero-order valence-electron chi connectivity index (χ0n) is 11.8. The summed E-state index contributed by atoms with van der Waals surface area (Å²) in [6.45, 7) is 0.580. The number of carbonyl (C=O) groups is 1. The van der Waals surface area contributed by atoms with Crippen molar-refractivity contribution in [1.29, 1.82) is 0 Å². The minimum Gasteiger partial charge on any atom is -0.480 e. The van der Waals surface area contributed by atoms with E-state index in [-0.39, 0.29) is 5.82 Å². The first-order valence-corrected chi connectivity index (χ1v) is 8.28. The smallest absolute Gasteiger partial charge is 0.320 e. The average Bonchev–Trinajstić information content (AvgIpc) is 2.82. The van der Waals surface area contributed by atoms with Crippen LogP contribution in [0.15, 0.2) is 22.7 Å². The number of rotatable bonds is 3. The Morgan fingerprint density at radius 2 is 2.14 bits per heavy atom. The van der Waals surface area contributed by atoms with Gasteiger partial charge in [-0.15, -0.1) is 0 Å². The molecule has 2 fully saturated rings. The van der Waals surface area contributed by atoms with Crippen LogP contribution in [0.5, 0.6) is 0 Å². The van der Waals surface area contributed by atoms with E-state index >= 15 is 0 Å². The number of aliphatic carboxylic acids is 1. The highest BCUT2D eigenvalue weighted by Crippen LogP contribution is 2.40. The second-order valence-electron chi connectivity index (χ2n) is 6.12. The molecule has 2 aliphatic rings. The lowest BCUT2D eigenvalue weighted by Gasteiger charge is -2.33. The quantitative estimate of drug-likeness (QED) is 0.896. The second-order valence-corrected chi connectivity index (χ2v) is 6.98. The molecule has 5 heteroatoms. The molecule has 0 spiro atoms. The SMILES string of the molecule is O=C(O)[C@@H]1C[C@@H]2CCCC[C@H]2N1Cc1ccc(F)c(Br)c1. The van der Waals surface area contributed by atoms with Gasteiger partial charge in [0.05, 0.1) is 4.47 Å². The maximum Gasteiger partial charge on any atom is 0.320 e. The zero-order chi connectivity index (χ0) is 15.0. The predicted molar refractivity (Wildman–Crippen MR) is 81.4 cm³/mol. The van der Waals surface area contributed by atoms with Crippen LogP contribution in [-0.2, 0) is 11.3 Å². The van der Waals surface area contributed by atoms with Gasteiger partial charge in [0.2, 0.25) is 0 Å². The normalized spacial score (nSPS) is 29.3. The molecule has 1 aliphatic carbocycles. The fourth-order valence-corrected chi connectivity index (χ4v) is 4.30. The number of nitrogens with zero attached hydrogens (tertiary/aromatic N) is 1. The van der Waals surface area contributed by atoms with E-state index in [1.807, 2.05) is 0 Å². The van der Waals surface area contributed by atoms with Gasteiger partial charge in [-0.1, -0.05) is 18.9 Å². The number of benzene rings is 1. The van der Waals surface area contributed by atoms with Crippen LogP contribution in [0, 0.1) is 11.7 Å². The van der Waals surface area contributed by atoms with Crippen LogP contribution in [0.3, 0.4) is 0 Å². The van der Waals surface area contributed by atoms with E-state index in [2.05, 4.69) is 20.8 Å². The minimum absolute atomic E-state index is 0.287. The van der Waals surface area contributed by atoms with Crippen molar-refractivity contribution in [2.45, 2.75) is 50.7 Å². The fraction of sp³-hybridized carbons (Fsp3) is 0.562. The third-order valence-electron chi connectivity index (χ3n) is 4.86. The van der Waals surface area contributed by atoms with Gasteiger partial charge in [0, 0.05) is 12.6 Å². The molecule has 1 aliphatic heterocycles. The molecule has 0 amide bonds. The number of likely N-dealkylation sites (tertiary alicyclic amines) is 1. The van der Waals surface area contributed by atoms with Gasteiger partial charge in [-0.3, -0.25) is 9.69 Å². The van der Waals surface area contributed by atoms with E-state index in [0.29, 0.717) is 23.0 Å². The van der Waals surface area contributed by atoms with Crippen LogP contribution >= 0.6 is 15.9 Å². The summed E-state index contributed by atoms with van der Waals surface area (Å²) in [5, 5.41) is 9.50. The van der Waals surface area contributed by atoms with E-state index < -0.39 is 12.0 Å². The molecular weight excluding hydrogens is 337 g/mol. The van der Waals surface area contributed by atoms with Crippen LogP contribution in [0.2, 0.25) is 0 Å². The van der Waals surface area contributed by atoms with E-state index in [9.17, 15) is 14.3 Å². The molecule has 3 nitrogen and oxygen atoms in total. The lowest BCUT2D eigenvalue weighted by molar-refractivity contribution is -0.142. The highest BCUT2D eigenvalue weighted by molar-refractivity contribution is 9.10. The van der Waals surface area contributed by atoms with Crippen molar-refractivity contribution in [3.63, 3.8) is 0 Å².